The van der Waals surface area contributed by atoms with Gasteiger partial charge in [0.1, 0.15) is 11.2 Å². The van der Waals surface area contributed by atoms with Crippen molar-refractivity contribution in [1.82, 2.24) is 10.3 Å². The van der Waals surface area contributed by atoms with Gasteiger partial charge in [-0.1, -0.05) is 24.3 Å². The molecule has 3 N–H and O–H groups in total. The van der Waals surface area contributed by atoms with Crippen LogP contribution in [0.15, 0.2) is 48.8 Å². The van der Waals surface area contributed by atoms with Crippen LogP contribution in [-0.2, 0) is 20.7 Å². The Morgan fingerprint density at radius 2 is 2.19 bits per heavy atom. The van der Waals surface area contributed by atoms with Gasteiger partial charge in [0, 0.05) is 56.1 Å². The summed E-state index contributed by atoms with van der Waals surface area (Å²) in [7, 11) is 1.63. The van der Waals surface area contributed by atoms with Crippen molar-refractivity contribution >= 4 is 35.1 Å². The molecule has 1 saturated carbocycles. The van der Waals surface area contributed by atoms with E-state index in [9.17, 15) is 14.9 Å². The molecule has 2 amide bonds. The van der Waals surface area contributed by atoms with Gasteiger partial charge in [0.25, 0.3) is 0 Å². The van der Waals surface area contributed by atoms with Crippen molar-refractivity contribution in [2.75, 3.05) is 37.0 Å². The molecular weight excluding hydrogens is 456 g/mol. The predicted molar refractivity (Wildman–Crippen MR) is 137 cm³/mol. The number of pyridine rings is 1. The third-order valence-corrected chi connectivity index (χ3v) is 6.64. The number of methoxy groups -OCH3 is 1. The summed E-state index contributed by atoms with van der Waals surface area (Å²) in [6, 6.07) is 13.2. The van der Waals surface area contributed by atoms with Gasteiger partial charge in [0.05, 0.1) is 19.1 Å². The van der Waals surface area contributed by atoms with Crippen LogP contribution in [0.3, 0.4) is 0 Å². The highest BCUT2D eigenvalue weighted by molar-refractivity contribution is 6.08. The first-order valence-corrected chi connectivity index (χ1v) is 12.0. The zero-order chi connectivity index (χ0) is 25.5. The Kier molecular flexibility index (Phi) is 7.76. The molecule has 1 aromatic heterocycles. The van der Waals surface area contributed by atoms with Crippen molar-refractivity contribution in [2.45, 2.75) is 25.7 Å². The molecule has 0 bridgehead atoms. The molecule has 1 aliphatic heterocycles. The highest BCUT2D eigenvalue weighted by atomic mass is 16.5. The number of ether oxygens (including phenoxy) is 1. The Labute approximate surface area is 210 Å². The molecule has 186 valence electrons. The number of benzene rings is 1. The number of allylic oxidation sites excluding steroid dienone is 1. The van der Waals surface area contributed by atoms with Gasteiger partial charge in [0.15, 0.2) is 0 Å². The van der Waals surface area contributed by atoms with Gasteiger partial charge in [-0.15, -0.1) is 0 Å². The zero-order valence-electron chi connectivity index (χ0n) is 20.3. The van der Waals surface area contributed by atoms with Crippen LogP contribution in [0.2, 0.25) is 0 Å². The van der Waals surface area contributed by atoms with Gasteiger partial charge >= 0.3 is 0 Å². The average molecular weight is 487 g/mol. The molecule has 1 aliphatic carbocycles. The van der Waals surface area contributed by atoms with Crippen LogP contribution in [0, 0.1) is 28.1 Å². The molecule has 9 nitrogen and oxygen atoms in total. The van der Waals surface area contributed by atoms with E-state index in [0.29, 0.717) is 43.2 Å². The first-order chi connectivity index (χ1) is 17.5. The number of rotatable bonds is 11. The van der Waals surface area contributed by atoms with Crippen LogP contribution in [0.1, 0.15) is 30.4 Å². The molecule has 2 fully saturated rings. The van der Waals surface area contributed by atoms with E-state index >= 15 is 0 Å². The smallest absolute Gasteiger partial charge is 0.247 e. The maximum absolute atomic E-state index is 13.1. The first kappa shape index (κ1) is 25.1. The Morgan fingerprint density at radius 3 is 2.92 bits per heavy atom. The molecule has 0 unspecified atom stereocenters. The second kappa shape index (κ2) is 11.1. The van der Waals surface area contributed by atoms with E-state index in [1.165, 1.54) is 6.21 Å². The highest BCUT2D eigenvalue weighted by Gasteiger charge is 2.56. The summed E-state index contributed by atoms with van der Waals surface area (Å²) in [5, 5.41) is 23.3. The van der Waals surface area contributed by atoms with Crippen LogP contribution >= 0.6 is 0 Å². The second-order valence-electron chi connectivity index (χ2n) is 9.08. The van der Waals surface area contributed by atoms with E-state index in [4.69, 9.17) is 10.1 Å². The number of nitrogens with one attached hydrogen (secondary N) is 3. The number of carbonyl (C=O) groups is 2. The number of hydrogen-bond donors (Lipinski definition) is 3. The molecule has 2 heterocycles. The van der Waals surface area contributed by atoms with Crippen molar-refractivity contribution in [3.8, 4) is 6.07 Å². The van der Waals surface area contributed by atoms with Crippen molar-refractivity contribution in [3.05, 3.63) is 59.9 Å². The molecule has 2 aliphatic rings. The molecule has 2 aromatic rings. The lowest BCUT2D eigenvalue weighted by molar-refractivity contribution is -0.123. The third-order valence-electron chi connectivity index (χ3n) is 6.64. The molecule has 9 heteroatoms. The maximum Gasteiger partial charge on any atom is 0.247 e. The van der Waals surface area contributed by atoms with Crippen molar-refractivity contribution in [1.29, 1.82) is 10.7 Å². The number of aromatic nitrogens is 1. The quantitative estimate of drug-likeness (QED) is 0.330. The van der Waals surface area contributed by atoms with Gasteiger partial charge in [-0.3, -0.25) is 9.59 Å². The summed E-state index contributed by atoms with van der Waals surface area (Å²) < 4.78 is 5.01. The number of nitriles is 1. The second-order valence-corrected chi connectivity index (χ2v) is 9.08. The molecule has 0 spiro atoms. The number of anilines is 2. The van der Waals surface area contributed by atoms with E-state index in [2.05, 4.69) is 21.7 Å². The molecule has 1 saturated heterocycles. The summed E-state index contributed by atoms with van der Waals surface area (Å²) in [5.41, 5.74) is 2.03. The average Bonchev–Trinajstić information content (AvgIpc) is 3.68. The van der Waals surface area contributed by atoms with E-state index in [1.807, 2.05) is 24.3 Å². The SMILES string of the molecule is COCCN/C=C(\C=N)c1cccc(CC(=O)Nc2cc(N3CC[C@@](C#N)(C4CC4)C3=O)ccn2)c1. The van der Waals surface area contributed by atoms with E-state index < -0.39 is 5.41 Å². The Morgan fingerprint density at radius 1 is 1.36 bits per heavy atom. The van der Waals surface area contributed by atoms with E-state index in [-0.39, 0.29) is 24.2 Å². The van der Waals surface area contributed by atoms with Crippen LogP contribution < -0.4 is 15.5 Å². The molecule has 1 aromatic carbocycles. The topological polar surface area (TPSA) is 131 Å². The van der Waals surface area contributed by atoms with Crippen molar-refractivity contribution < 1.29 is 14.3 Å². The third kappa shape index (κ3) is 5.44. The normalized spacial score (nSPS) is 19.6. The number of nitrogens with zero attached hydrogens (tertiary/aromatic N) is 3. The van der Waals surface area contributed by atoms with Crippen LogP contribution in [0.5, 0.6) is 0 Å². The fourth-order valence-electron chi connectivity index (χ4n) is 4.57. The minimum absolute atomic E-state index is 0.129. The summed E-state index contributed by atoms with van der Waals surface area (Å²) in [5.74, 6) is 0.109. The monoisotopic (exact) mass is 486 g/mol. The minimum atomic E-state index is -0.916. The molecule has 36 heavy (non-hydrogen) atoms. The fraction of sp³-hybridized carbons (Fsp3) is 0.370. The highest BCUT2D eigenvalue weighted by Crippen LogP contribution is 2.51. The van der Waals surface area contributed by atoms with Crippen molar-refractivity contribution in [3.63, 3.8) is 0 Å². The van der Waals surface area contributed by atoms with Gasteiger partial charge < -0.3 is 25.7 Å². The van der Waals surface area contributed by atoms with Crippen LogP contribution in [0.25, 0.3) is 5.57 Å². The van der Waals surface area contributed by atoms with Crippen LogP contribution in [0.4, 0.5) is 11.5 Å². The number of hydrogen-bond acceptors (Lipinski definition) is 7. The first-order valence-electron chi connectivity index (χ1n) is 12.0. The number of amides is 2. The lowest BCUT2D eigenvalue weighted by atomic mass is 9.83. The number of carbonyl (C=O) groups excluding carboxylic acids is 2. The molecule has 1 atom stereocenters. The predicted octanol–water partition coefficient (Wildman–Crippen LogP) is 3.15. The largest absolute Gasteiger partial charge is 0.388 e. The Bertz CT molecular complexity index is 1220. The lowest BCUT2D eigenvalue weighted by Gasteiger charge is -2.21. The van der Waals surface area contributed by atoms with Gasteiger partial charge in [0.2, 0.25) is 11.8 Å². The van der Waals surface area contributed by atoms with Gasteiger partial charge in [-0.2, -0.15) is 5.26 Å². The van der Waals surface area contributed by atoms with E-state index in [0.717, 1.165) is 24.0 Å². The van der Waals surface area contributed by atoms with E-state index in [1.54, 1.807) is 36.5 Å². The zero-order valence-corrected chi connectivity index (χ0v) is 20.3. The summed E-state index contributed by atoms with van der Waals surface area (Å²) in [6.45, 7) is 1.67. The Hall–Kier alpha value is -4.03. The lowest BCUT2D eigenvalue weighted by Crippen LogP contribution is -2.35. The van der Waals surface area contributed by atoms with Gasteiger partial charge in [-0.05, 0) is 42.4 Å². The standard InChI is InChI=1S/C27H30N6O3/c1-36-12-10-30-17-21(16-28)20-4-2-3-19(13-20)14-25(34)32-24-15-23(7-9-31-24)33-11-8-27(18-29,26(33)35)22-5-6-22/h2-4,7,9,13,15-17,22,28,30H,5-6,8,10-12,14H2,1H3,(H,31,32,34)/b21-17+,28-16?/t27-/m1/s1. The maximum atomic E-state index is 13.1. The Balaban J connectivity index is 1.40. The van der Waals surface area contributed by atoms with Crippen LogP contribution in [-0.4, -0.2) is 49.8 Å². The fourth-order valence-corrected chi connectivity index (χ4v) is 4.57. The summed E-state index contributed by atoms with van der Waals surface area (Å²) >= 11 is 0. The van der Waals surface area contributed by atoms with Crippen molar-refractivity contribution in [2.24, 2.45) is 11.3 Å². The molecular formula is C27H30N6O3. The summed E-state index contributed by atoms with van der Waals surface area (Å²) in [4.78, 5) is 31.7. The molecule has 0 radical (unpaired) electrons. The van der Waals surface area contributed by atoms with Gasteiger partial charge in [-0.25, -0.2) is 4.98 Å². The minimum Gasteiger partial charge on any atom is -0.388 e. The summed E-state index contributed by atoms with van der Waals surface area (Å²) in [6.07, 6.45) is 7.08. The molecule has 4 rings (SSSR count).